The van der Waals surface area contributed by atoms with Crippen LogP contribution in [0.3, 0.4) is 0 Å². The summed E-state index contributed by atoms with van der Waals surface area (Å²) in [6, 6.07) is 0.871. The number of rotatable bonds is 14. The number of carbonyl (C=O) groups is 1. The van der Waals surface area contributed by atoms with Crippen molar-refractivity contribution in [2.75, 3.05) is 24.6 Å². The third-order valence-electron chi connectivity index (χ3n) is 5.14. The standard InChI is InChI=1S/C22H37F2N3O4S/c1-4-5-8-32(30,31)14-20(26)22(29)27(7-6-15(2)3)13-21(28)19(25)11-16-9-17(23)12-18(24)10-16/h9-10,12,15,19-21,28H,4-8,11,13-14,25-26H2,1-3H3/t19-,20+,21+/m0/s1. The molecular weight excluding hydrogens is 440 g/mol. The number of aliphatic hydroxyl groups excluding tert-OH is 1. The lowest BCUT2D eigenvalue weighted by Crippen LogP contribution is -2.52. The largest absolute Gasteiger partial charge is 0.390 e. The smallest absolute Gasteiger partial charge is 0.240 e. The van der Waals surface area contributed by atoms with Gasteiger partial charge in [0.25, 0.3) is 0 Å². The van der Waals surface area contributed by atoms with Gasteiger partial charge in [-0.3, -0.25) is 4.79 Å². The summed E-state index contributed by atoms with van der Waals surface area (Å²) in [5.74, 6) is -2.30. The lowest BCUT2D eigenvalue weighted by atomic mass is 10.0. The maximum absolute atomic E-state index is 13.4. The molecule has 5 N–H and O–H groups in total. The fourth-order valence-electron chi connectivity index (χ4n) is 3.23. The first-order valence-corrected chi connectivity index (χ1v) is 12.8. The molecule has 3 atom stereocenters. The molecule has 0 fully saturated rings. The molecular formula is C22H37F2N3O4S. The first-order chi connectivity index (χ1) is 14.8. The van der Waals surface area contributed by atoms with Gasteiger partial charge in [-0.15, -0.1) is 0 Å². The number of halogens is 2. The highest BCUT2D eigenvalue weighted by atomic mass is 32.2. The highest BCUT2D eigenvalue weighted by molar-refractivity contribution is 7.91. The predicted molar refractivity (Wildman–Crippen MR) is 122 cm³/mol. The maximum Gasteiger partial charge on any atom is 0.240 e. The molecule has 1 aromatic rings. The van der Waals surface area contributed by atoms with Gasteiger partial charge in [0.1, 0.15) is 11.6 Å². The summed E-state index contributed by atoms with van der Waals surface area (Å²) in [4.78, 5) is 14.2. The number of unbranched alkanes of at least 4 members (excludes halogenated alkanes) is 1. The number of nitrogens with two attached hydrogens (primary N) is 2. The van der Waals surface area contributed by atoms with Crippen LogP contribution in [0.15, 0.2) is 18.2 Å². The molecule has 7 nitrogen and oxygen atoms in total. The SMILES string of the molecule is CCCCS(=O)(=O)C[C@@H](N)C(=O)N(CCC(C)C)C[C@@H](O)[C@@H](N)Cc1cc(F)cc(F)c1. The zero-order chi connectivity index (χ0) is 24.5. The third kappa shape index (κ3) is 10.3. The number of sulfone groups is 1. The lowest BCUT2D eigenvalue weighted by Gasteiger charge is -2.30. The van der Waals surface area contributed by atoms with E-state index in [1.165, 1.54) is 4.90 Å². The van der Waals surface area contributed by atoms with Crippen LogP contribution in [0.5, 0.6) is 0 Å². The first kappa shape index (κ1) is 28.4. The number of nitrogens with zero attached hydrogens (tertiary/aromatic N) is 1. The topological polar surface area (TPSA) is 127 Å². The van der Waals surface area contributed by atoms with Crippen LogP contribution in [-0.4, -0.2) is 67.1 Å². The summed E-state index contributed by atoms with van der Waals surface area (Å²) in [5, 5.41) is 10.6. The molecule has 0 unspecified atom stereocenters. The second kappa shape index (κ2) is 13.2. The minimum atomic E-state index is -3.48. The highest BCUT2D eigenvalue weighted by Gasteiger charge is 2.29. The van der Waals surface area contributed by atoms with E-state index in [2.05, 4.69) is 0 Å². The van der Waals surface area contributed by atoms with Crippen molar-refractivity contribution in [3.05, 3.63) is 35.4 Å². The molecule has 0 spiro atoms. The van der Waals surface area contributed by atoms with Crippen LogP contribution in [-0.2, 0) is 21.1 Å². The van der Waals surface area contributed by atoms with Gasteiger partial charge in [0.05, 0.1) is 23.7 Å². The minimum absolute atomic E-state index is 0.000488. The van der Waals surface area contributed by atoms with Crippen molar-refractivity contribution in [3.63, 3.8) is 0 Å². The second-order valence-corrected chi connectivity index (χ2v) is 11.0. The van der Waals surface area contributed by atoms with Crippen molar-refractivity contribution in [3.8, 4) is 0 Å². The number of hydrogen-bond acceptors (Lipinski definition) is 6. The lowest BCUT2D eigenvalue weighted by molar-refractivity contribution is -0.133. The van der Waals surface area contributed by atoms with Gasteiger partial charge in [-0.2, -0.15) is 0 Å². The number of benzene rings is 1. The summed E-state index contributed by atoms with van der Waals surface area (Å²) >= 11 is 0. The van der Waals surface area contributed by atoms with Gasteiger partial charge in [-0.05, 0) is 42.9 Å². The summed E-state index contributed by atoms with van der Waals surface area (Å²) in [6.07, 6.45) is 0.635. The molecule has 1 amide bonds. The molecule has 0 aliphatic rings. The molecule has 1 aromatic carbocycles. The molecule has 32 heavy (non-hydrogen) atoms. The van der Waals surface area contributed by atoms with Crippen molar-refractivity contribution < 1.29 is 27.1 Å². The van der Waals surface area contributed by atoms with Gasteiger partial charge in [-0.1, -0.05) is 27.2 Å². The fourth-order valence-corrected chi connectivity index (χ4v) is 4.82. The minimum Gasteiger partial charge on any atom is -0.390 e. The van der Waals surface area contributed by atoms with E-state index >= 15 is 0 Å². The fraction of sp³-hybridized carbons (Fsp3) is 0.682. The molecule has 0 aromatic heterocycles. The Morgan fingerprint density at radius 1 is 1.16 bits per heavy atom. The Hall–Kier alpha value is -1.62. The molecule has 0 aliphatic carbocycles. The van der Waals surface area contributed by atoms with Gasteiger partial charge in [0, 0.05) is 25.2 Å². The number of carbonyl (C=O) groups excluding carboxylic acids is 1. The van der Waals surface area contributed by atoms with Crippen molar-refractivity contribution in [2.45, 2.75) is 64.6 Å². The Morgan fingerprint density at radius 3 is 2.28 bits per heavy atom. The van der Waals surface area contributed by atoms with Crippen LogP contribution in [0.1, 0.15) is 45.6 Å². The van der Waals surface area contributed by atoms with Crippen LogP contribution in [0.4, 0.5) is 8.78 Å². The predicted octanol–water partition coefficient (Wildman–Crippen LogP) is 1.61. The Balaban J connectivity index is 2.86. The average molecular weight is 478 g/mol. The van der Waals surface area contributed by atoms with Crippen LogP contribution >= 0.6 is 0 Å². The van der Waals surface area contributed by atoms with E-state index in [0.717, 1.165) is 18.2 Å². The normalized spacial score (nSPS) is 14.9. The first-order valence-electron chi connectivity index (χ1n) is 11.0. The van der Waals surface area contributed by atoms with E-state index < -0.39 is 51.3 Å². The quantitative estimate of drug-likeness (QED) is 0.374. The molecule has 0 radical (unpaired) electrons. The van der Waals surface area contributed by atoms with E-state index in [-0.39, 0.29) is 36.7 Å². The highest BCUT2D eigenvalue weighted by Crippen LogP contribution is 2.13. The van der Waals surface area contributed by atoms with Crippen LogP contribution in [0.25, 0.3) is 0 Å². The average Bonchev–Trinajstić information content (AvgIpc) is 2.67. The van der Waals surface area contributed by atoms with E-state index in [0.29, 0.717) is 19.3 Å². The number of aliphatic hydroxyl groups is 1. The second-order valence-electron chi connectivity index (χ2n) is 8.75. The molecule has 184 valence electrons. The van der Waals surface area contributed by atoms with Crippen molar-refractivity contribution in [1.29, 1.82) is 0 Å². The van der Waals surface area contributed by atoms with E-state index in [9.17, 15) is 27.1 Å². The summed E-state index contributed by atoms with van der Waals surface area (Å²) in [6.45, 7) is 5.93. The van der Waals surface area contributed by atoms with Gasteiger partial charge >= 0.3 is 0 Å². The van der Waals surface area contributed by atoms with Gasteiger partial charge in [0.15, 0.2) is 9.84 Å². The maximum atomic E-state index is 13.4. The molecule has 0 aliphatic heterocycles. The molecule has 0 heterocycles. The molecule has 10 heteroatoms. The van der Waals surface area contributed by atoms with Crippen LogP contribution < -0.4 is 11.5 Å². The summed E-state index contributed by atoms with van der Waals surface area (Å²) in [5.41, 5.74) is 12.2. The summed E-state index contributed by atoms with van der Waals surface area (Å²) < 4.78 is 51.2. The van der Waals surface area contributed by atoms with Crippen molar-refractivity contribution in [1.82, 2.24) is 4.90 Å². The monoisotopic (exact) mass is 477 g/mol. The Morgan fingerprint density at radius 2 is 1.75 bits per heavy atom. The van der Waals surface area contributed by atoms with Gasteiger partial charge < -0.3 is 21.5 Å². The zero-order valence-corrected chi connectivity index (χ0v) is 20.0. The van der Waals surface area contributed by atoms with Crippen molar-refractivity contribution >= 4 is 15.7 Å². The zero-order valence-electron chi connectivity index (χ0n) is 19.1. The molecule has 0 saturated carbocycles. The van der Waals surface area contributed by atoms with E-state index in [1.807, 2.05) is 20.8 Å². The Bertz CT molecular complexity index is 816. The van der Waals surface area contributed by atoms with Gasteiger partial charge in [-0.25, -0.2) is 17.2 Å². The van der Waals surface area contributed by atoms with Crippen molar-refractivity contribution in [2.24, 2.45) is 17.4 Å². The van der Waals surface area contributed by atoms with E-state index in [1.54, 1.807) is 0 Å². The number of hydrogen-bond donors (Lipinski definition) is 3. The molecule has 0 bridgehead atoms. The Kier molecular flexibility index (Phi) is 11.7. The molecule has 1 rings (SSSR count). The van der Waals surface area contributed by atoms with E-state index in [4.69, 9.17) is 11.5 Å². The van der Waals surface area contributed by atoms with Crippen LogP contribution in [0, 0.1) is 17.6 Å². The number of amides is 1. The van der Waals surface area contributed by atoms with Crippen LogP contribution in [0.2, 0.25) is 0 Å². The van der Waals surface area contributed by atoms with Gasteiger partial charge in [0.2, 0.25) is 5.91 Å². The third-order valence-corrected chi connectivity index (χ3v) is 6.92. The molecule has 0 saturated heterocycles. The summed E-state index contributed by atoms with van der Waals surface area (Å²) in [7, 11) is -3.48. The Labute approximate surface area is 190 Å².